The third-order valence-corrected chi connectivity index (χ3v) is 4.92. The number of benzene rings is 2. The average molecular weight is 377 g/mol. The molecule has 1 aliphatic heterocycles. The summed E-state index contributed by atoms with van der Waals surface area (Å²) < 4.78 is 0. The molecule has 1 aliphatic rings. The van der Waals surface area contributed by atoms with E-state index in [1.165, 1.54) is 5.56 Å². The van der Waals surface area contributed by atoms with E-state index in [4.69, 9.17) is 11.3 Å². The Kier molecular flexibility index (Phi) is 5.99. The molecule has 0 saturated heterocycles. The molecule has 0 spiro atoms. The summed E-state index contributed by atoms with van der Waals surface area (Å²) in [4.78, 5) is 0. The van der Waals surface area contributed by atoms with Crippen LogP contribution in [0.4, 0.5) is 5.69 Å². The van der Waals surface area contributed by atoms with E-state index in [-0.39, 0.29) is 6.04 Å². The Hall–Kier alpha value is -3.28. The van der Waals surface area contributed by atoms with Gasteiger partial charge in [0.1, 0.15) is 5.70 Å². The van der Waals surface area contributed by atoms with E-state index < -0.39 is 0 Å². The molecule has 0 amide bonds. The average Bonchev–Trinajstić information content (AvgIpc) is 2.87. The van der Waals surface area contributed by atoms with Crippen LogP contribution in [-0.2, 0) is 0 Å². The van der Waals surface area contributed by atoms with Crippen molar-refractivity contribution in [1.82, 2.24) is 10.6 Å². The number of fused-ring (bicyclic) bond motifs is 1. The lowest BCUT2D eigenvalue weighted by molar-refractivity contribution is 0.682. The lowest BCUT2D eigenvalue weighted by Crippen LogP contribution is -2.16. The first kappa shape index (κ1) is 19.5. The number of nitrogens with zero attached hydrogens (tertiary/aromatic N) is 1. The first-order valence-electron chi connectivity index (χ1n) is 9.46. The van der Waals surface area contributed by atoms with Crippen LogP contribution >= 0.6 is 0 Å². The molecule has 0 radical (unpaired) electrons. The first-order chi connectivity index (χ1) is 13.5. The van der Waals surface area contributed by atoms with E-state index in [0.717, 1.165) is 46.7 Å². The largest absolute Gasteiger partial charge is 0.401 e. The zero-order valence-electron chi connectivity index (χ0n) is 16.6. The maximum Gasteiger partial charge on any atom is 0.108 e. The van der Waals surface area contributed by atoms with Crippen LogP contribution < -0.4 is 21.7 Å². The van der Waals surface area contributed by atoms with Crippen molar-refractivity contribution < 1.29 is 0 Å². The zero-order chi connectivity index (χ0) is 20.1. The van der Waals surface area contributed by atoms with Gasteiger partial charge in [0.15, 0.2) is 0 Å². The lowest BCUT2D eigenvalue weighted by Gasteiger charge is -2.21. The monoisotopic (exact) mass is 376 g/mol. The van der Waals surface area contributed by atoms with Gasteiger partial charge in [0.25, 0.3) is 0 Å². The molecule has 1 heterocycles. The second kappa shape index (κ2) is 8.61. The van der Waals surface area contributed by atoms with Crippen LogP contribution in [0, 0.1) is 12.5 Å². The molecule has 2 aromatic rings. The Bertz CT molecular complexity index is 907. The number of hydrogen-bond donors (Lipinski definition) is 5. The van der Waals surface area contributed by atoms with Crippen molar-refractivity contribution in [2.24, 2.45) is 10.8 Å². The first-order valence-corrected chi connectivity index (χ1v) is 9.46. The molecule has 3 rings (SSSR count). The van der Waals surface area contributed by atoms with Gasteiger partial charge in [0.2, 0.25) is 0 Å². The molecule has 0 bridgehead atoms. The zero-order valence-corrected chi connectivity index (χ0v) is 16.6. The molecule has 6 N–H and O–H groups in total. The smallest absolute Gasteiger partial charge is 0.108 e. The molecule has 146 valence electrons. The summed E-state index contributed by atoms with van der Waals surface area (Å²) in [5, 5.41) is 13.8. The van der Waals surface area contributed by atoms with E-state index in [2.05, 4.69) is 64.4 Å². The third-order valence-electron chi connectivity index (χ3n) is 4.92. The molecule has 6 nitrogen and oxygen atoms in total. The number of hydrogen-bond acceptors (Lipinski definition) is 6. The van der Waals surface area contributed by atoms with Gasteiger partial charge in [-0.25, -0.2) is 5.53 Å². The molecule has 2 aromatic carbocycles. The van der Waals surface area contributed by atoms with Crippen LogP contribution in [0.25, 0.3) is 11.4 Å². The highest BCUT2D eigenvalue weighted by molar-refractivity contribution is 5.74. The summed E-state index contributed by atoms with van der Waals surface area (Å²) in [5.41, 5.74) is 21.4. The summed E-state index contributed by atoms with van der Waals surface area (Å²) in [6.45, 7) is 4.82. The maximum atomic E-state index is 7.50. The van der Waals surface area contributed by atoms with Crippen LogP contribution in [0.1, 0.15) is 41.6 Å². The highest BCUT2D eigenvalue weighted by Crippen LogP contribution is 2.34. The summed E-state index contributed by atoms with van der Waals surface area (Å²) in [6.07, 6.45) is 2.64. The standard InChI is InChI=1S/C22H28N6/c1-14-4-7-17(8-5-14)27-20-10-11-26-22(15(2)23)18-9-6-16(12-19(18)20)21(28-24)13-25-3/h4-9,12-13,20,24-27H,10-11,23H2,1-3H3/b21-13-,22-15-,28-24?. The normalized spacial score (nSPS) is 18.4. The molecule has 1 unspecified atom stereocenters. The Morgan fingerprint density at radius 3 is 2.64 bits per heavy atom. The van der Waals surface area contributed by atoms with Crippen molar-refractivity contribution in [2.45, 2.75) is 26.3 Å². The number of anilines is 1. The minimum Gasteiger partial charge on any atom is -0.401 e. The van der Waals surface area contributed by atoms with Gasteiger partial charge in [-0.2, -0.15) is 5.11 Å². The number of nitrogens with one attached hydrogen (secondary N) is 4. The van der Waals surface area contributed by atoms with Gasteiger partial charge in [-0.3, -0.25) is 0 Å². The van der Waals surface area contributed by atoms with Crippen LogP contribution in [0.3, 0.4) is 0 Å². The van der Waals surface area contributed by atoms with Gasteiger partial charge in [0.05, 0.1) is 11.7 Å². The fraction of sp³-hybridized carbons (Fsp3) is 0.273. The Morgan fingerprint density at radius 1 is 1.25 bits per heavy atom. The van der Waals surface area contributed by atoms with E-state index in [1.807, 2.05) is 13.0 Å². The van der Waals surface area contributed by atoms with E-state index in [1.54, 1.807) is 13.2 Å². The molecular formula is C22H28N6. The van der Waals surface area contributed by atoms with Crippen LogP contribution in [0.5, 0.6) is 0 Å². The van der Waals surface area contributed by atoms with Gasteiger partial charge in [-0.15, -0.1) is 0 Å². The molecule has 6 heteroatoms. The molecular weight excluding hydrogens is 348 g/mol. The fourth-order valence-electron chi connectivity index (χ4n) is 3.50. The van der Waals surface area contributed by atoms with Crippen molar-refractivity contribution in [3.8, 4) is 0 Å². The Labute approximate surface area is 166 Å². The molecule has 0 fully saturated rings. The second-order valence-corrected chi connectivity index (χ2v) is 7.07. The number of allylic oxidation sites excluding steroid dienone is 1. The lowest BCUT2D eigenvalue weighted by atomic mass is 9.94. The van der Waals surface area contributed by atoms with Gasteiger partial charge in [-0.05, 0) is 44.0 Å². The van der Waals surface area contributed by atoms with Crippen LogP contribution in [0.15, 0.2) is 59.5 Å². The van der Waals surface area contributed by atoms with Crippen molar-refractivity contribution in [1.29, 1.82) is 5.53 Å². The molecule has 0 aliphatic carbocycles. The van der Waals surface area contributed by atoms with Crippen molar-refractivity contribution in [3.63, 3.8) is 0 Å². The molecule has 0 saturated carbocycles. The van der Waals surface area contributed by atoms with E-state index in [9.17, 15) is 0 Å². The van der Waals surface area contributed by atoms with Gasteiger partial charge < -0.3 is 21.7 Å². The van der Waals surface area contributed by atoms with Gasteiger partial charge in [-0.1, -0.05) is 29.8 Å². The van der Waals surface area contributed by atoms with Crippen LogP contribution in [-0.4, -0.2) is 13.6 Å². The van der Waals surface area contributed by atoms with E-state index >= 15 is 0 Å². The topological polar surface area (TPSA) is 98.3 Å². The summed E-state index contributed by atoms with van der Waals surface area (Å²) in [5.74, 6) is 0. The quantitative estimate of drug-likeness (QED) is 0.501. The summed E-state index contributed by atoms with van der Waals surface area (Å²) in [7, 11) is 1.80. The maximum absolute atomic E-state index is 7.50. The SMILES string of the molecule is CN/C=C(\N=N)c1ccc2c(c1)C(Nc1ccc(C)cc1)CCN/C2=C(/C)N. The number of rotatable bonds is 5. The number of aryl methyl sites for hydroxylation is 1. The second-order valence-electron chi connectivity index (χ2n) is 7.07. The fourth-order valence-corrected chi connectivity index (χ4v) is 3.50. The Balaban J connectivity index is 2.09. The molecule has 0 aromatic heterocycles. The minimum atomic E-state index is 0.114. The third kappa shape index (κ3) is 4.17. The number of nitrogens with two attached hydrogens (primary N) is 1. The molecule has 28 heavy (non-hydrogen) atoms. The van der Waals surface area contributed by atoms with Crippen LogP contribution in [0.2, 0.25) is 0 Å². The van der Waals surface area contributed by atoms with Gasteiger partial charge >= 0.3 is 0 Å². The summed E-state index contributed by atoms with van der Waals surface area (Å²) >= 11 is 0. The molecule has 1 atom stereocenters. The van der Waals surface area contributed by atoms with Crippen molar-refractivity contribution in [3.05, 3.63) is 76.6 Å². The Morgan fingerprint density at radius 2 is 2.00 bits per heavy atom. The summed E-state index contributed by atoms with van der Waals surface area (Å²) in [6, 6.07) is 14.7. The van der Waals surface area contributed by atoms with E-state index in [0.29, 0.717) is 5.70 Å². The predicted molar refractivity (Wildman–Crippen MR) is 116 cm³/mol. The predicted octanol–water partition coefficient (Wildman–Crippen LogP) is 4.34. The van der Waals surface area contributed by atoms with Gasteiger partial charge in [0, 0.05) is 42.3 Å². The van der Waals surface area contributed by atoms with Crippen molar-refractivity contribution >= 4 is 17.1 Å². The van der Waals surface area contributed by atoms with Crippen molar-refractivity contribution in [2.75, 3.05) is 18.9 Å². The highest BCUT2D eigenvalue weighted by Gasteiger charge is 2.23. The minimum absolute atomic E-state index is 0.114. The highest BCUT2D eigenvalue weighted by atomic mass is 15.0.